The van der Waals surface area contributed by atoms with Gasteiger partial charge in [0.2, 0.25) is 5.91 Å². The first-order chi connectivity index (χ1) is 9.04. The molecule has 0 aromatic heterocycles. The summed E-state index contributed by atoms with van der Waals surface area (Å²) in [6.45, 7) is 4.82. The Kier molecular flexibility index (Phi) is 6.02. The maximum Gasteiger partial charge on any atom is 0.251 e. The molecule has 1 atom stereocenters. The second kappa shape index (κ2) is 7.53. The molecule has 0 spiro atoms. The molecule has 1 aromatic rings. The summed E-state index contributed by atoms with van der Waals surface area (Å²) in [5.74, 6) is -0.426. The lowest BCUT2D eigenvalue weighted by Crippen LogP contribution is -2.38. The van der Waals surface area contributed by atoms with Crippen LogP contribution in [0.15, 0.2) is 24.3 Å². The fraction of sp³-hybridized carbons (Fsp3) is 0.429. The van der Waals surface area contributed by atoms with Gasteiger partial charge in [-0.1, -0.05) is 24.6 Å². The van der Waals surface area contributed by atoms with E-state index in [4.69, 9.17) is 5.73 Å². The molecule has 104 valence electrons. The van der Waals surface area contributed by atoms with Crippen LogP contribution in [-0.2, 0) is 4.79 Å². The molecule has 0 aliphatic heterocycles. The van der Waals surface area contributed by atoms with Crippen LogP contribution in [0.25, 0.3) is 0 Å². The average molecular weight is 263 g/mol. The third-order valence-corrected chi connectivity index (χ3v) is 2.79. The first-order valence-corrected chi connectivity index (χ1v) is 6.37. The van der Waals surface area contributed by atoms with E-state index < -0.39 is 0 Å². The Labute approximate surface area is 113 Å². The van der Waals surface area contributed by atoms with E-state index >= 15 is 0 Å². The number of nitrogens with two attached hydrogens (primary N) is 1. The van der Waals surface area contributed by atoms with E-state index in [1.165, 1.54) is 0 Å². The van der Waals surface area contributed by atoms with Crippen LogP contribution < -0.4 is 16.4 Å². The smallest absolute Gasteiger partial charge is 0.251 e. The number of rotatable bonds is 6. The van der Waals surface area contributed by atoms with Gasteiger partial charge >= 0.3 is 0 Å². The topological polar surface area (TPSA) is 84.2 Å². The van der Waals surface area contributed by atoms with Crippen LogP contribution in [0.2, 0.25) is 0 Å². The number of carbonyl (C=O) groups excluding carboxylic acids is 2. The predicted molar refractivity (Wildman–Crippen MR) is 74.7 cm³/mol. The largest absolute Gasteiger partial charge is 0.354 e. The van der Waals surface area contributed by atoms with Gasteiger partial charge in [0.05, 0.1) is 0 Å². The van der Waals surface area contributed by atoms with Crippen molar-refractivity contribution in [3.05, 3.63) is 35.4 Å². The number of benzene rings is 1. The van der Waals surface area contributed by atoms with Gasteiger partial charge in [0, 0.05) is 31.1 Å². The van der Waals surface area contributed by atoms with Gasteiger partial charge in [0.25, 0.3) is 5.91 Å². The molecule has 0 aliphatic carbocycles. The minimum absolute atomic E-state index is 0.0905. The summed E-state index contributed by atoms with van der Waals surface area (Å²) >= 11 is 0. The SMILES string of the molecule is Cc1cccc(C(=O)NCCNC(=O)C(C)CN)c1. The lowest BCUT2D eigenvalue weighted by atomic mass is 10.1. The highest BCUT2D eigenvalue weighted by molar-refractivity contribution is 5.94. The van der Waals surface area contributed by atoms with Crippen molar-refractivity contribution in [1.82, 2.24) is 10.6 Å². The Morgan fingerprint density at radius 2 is 1.95 bits per heavy atom. The Morgan fingerprint density at radius 1 is 1.26 bits per heavy atom. The third-order valence-electron chi connectivity index (χ3n) is 2.79. The van der Waals surface area contributed by atoms with Crippen LogP contribution in [0.4, 0.5) is 0 Å². The van der Waals surface area contributed by atoms with E-state index in [1.54, 1.807) is 13.0 Å². The monoisotopic (exact) mass is 263 g/mol. The van der Waals surface area contributed by atoms with Crippen LogP contribution in [0.3, 0.4) is 0 Å². The average Bonchev–Trinajstić information content (AvgIpc) is 2.42. The zero-order chi connectivity index (χ0) is 14.3. The van der Waals surface area contributed by atoms with Crippen molar-refractivity contribution in [3.8, 4) is 0 Å². The lowest BCUT2D eigenvalue weighted by Gasteiger charge is -2.10. The first-order valence-electron chi connectivity index (χ1n) is 6.37. The van der Waals surface area contributed by atoms with Crippen molar-refractivity contribution >= 4 is 11.8 Å². The molecule has 1 rings (SSSR count). The van der Waals surface area contributed by atoms with Gasteiger partial charge in [-0.2, -0.15) is 0 Å². The molecule has 0 saturated carbocycles. The molecule has 0 heterocycles. The number of hydrogen-bond donors (Lipinski definition) is 3. The molecular weight excluding hydrogens is 242 g/mol. The Hall–Kier alpha value is -1.88. The normalized spacial score (nSPS) is 11.7. The fourth-order valence-electron chi connectivity index (χ4n) is 1.53. The van der Waals surface area contributed by atoms with Crippen LogP contribution in [0.1, 0.15) is 22.8 Å². The molecule has 0 bridgehead atoms. The highest BCUT2D eigenvalue weighted by atomic mass is 16.2. The number of nitrogens with one attached hydrogen (secondary N) is 2. The van der Waals surface area contributed by atoms with E-state index in [1.807, 2.05) is 25.1 Å². The standard InChI is InChI=1S/C14H21N3O2/c1-10-4-3-5-12(8-10)14(19)17-7-6-16-13(18)11(2)9-15/h3-5,8,11H,6-7,9,15H2,1-2H3,(H,16,18)(H,17,19). The van der Waals surface area contributed by atoms with Gasteiger partial charge in [-0.25, -0.2) is 0 Å². The molecule has 5 nitrogen and oxygen atoms in total. The summed E-state index contributed by atoms with van der Waals surface area (Å²) in [7, 11) is 0. The van der Waals surface area contributed by atoms with Gasteiger partial charge in [-0.15, -0.1) is 0 Å². The summed E-state index contributed by atoms with van der Waals surface area (Å²) in [4.78, 5) is 23.2. The molecule has 1 unspecified atom stereocenters. The molecule has 0 saturated heterocycles. The summed E-state index contributed by atoms with van der Waals surface area (Å²) < 4.78 is 0. The highest BCUT2D eigenvalue weighted by Crippen LogP contribution is 2.03. The van der Waals surface area contributed by atoms with Gasteiger partial charge in [-0.3, -0.25) is 9.59 Å². The molecule has 0 aliphatic rings. The molecule has 0 radical (unpaired) electrons. The molecule has 4 N–H and O–H groups in total. The Balaban J connectivity index is 2.30. The van der Waals surface area contributed by atoms with E-state index in [9.17, 15) is 9.59 Å². The summed E-state index contributed by atoms with van der Waals surface area (Å²) in [5, 5.41) is 5.47. The highest BCUT2D eigenvalue weighted by Gasteiger charge is 2.09. The summed E-state index contributed by atoms with van der Waals surface area (Å²) in [6.07, 6.45) is 0. The minimum atomic E-state index is -0.201. The summed E-state index contributed by atoms with van der Waals surface area (Å²) in [6, 6.07) is 7.36. The second-order valence-corrected chi connectivity index (χ2v) is 4.55. The second-order valence-electron chi connectivity index (χ2n) is 4.55. The molecule has 1 aromatic carbocycles. The van der Waals surface area contributed by atoms with E-state index in [0.29, 0.717) is 25.2 Å². The van der Waals surface area contributed by atoms with E-state index in [-0.39, 0.29) is 17.7 Å². The molecule has 2 amide bonds. The lowest BCUT2D eigenvalue weighted by molar-refractivity contribution is -0.124. The molecular formula is C14H21N3O2. The van der Waals surface area contributed by atoms with Crippen molar-refractivity contribution in [2.45, 2.75) is 13.8 Å². The number of amides is 2. The zero-order valence-corrected chi connectivity index (χ0v) is 11.4. The molecule has 0 fully saturated rings. The molecule has 5 heteroatoms. The maximum absolute atomic E-state index is 11.8. The fourth-order valence-corrected chi connectivity index (χ4v) is 1.53. The predicted octanol–water partition coefficient (Wildman–Crippen LogP) is 0.436. The van der Waals surface area contributed by atoms with Gasteiger partial charge in [0.1, 0.15) is 0 Å². The van der Waals surface area contributed by atoms with Gasteiger partial charge in [0.15, 0.2) is 0 Å². The van der Waals surface area contributed by atoms with Crippen molar-refractivity contribution in [3.63, 3.8) is 0 Å². The Morgan fingerprint density at radius 3 is 2.58 bits per heavy atom. The maximum atomic E-state index is 11.8. The van der Waals surface area contributed by atoms with Gasteiger partial charge in [-0.05, 0) is 19.1 Å². The van der Waals surface area contributed by atoms with E-state index in [2.05, 4.69) is 10.6 Å². The van der Waals surface area contributed by atoms with Gasteiger partial charge < -0.3 is 16.4 Å². The van der Waals surface area contributed by atoms with Crippen molar-refractivity contribution in [2.24, 2.45) is 11.7 Å². The van der Waals surface area contributed by atoms with Crippen LogP contribution >= 0.6 is 0 Å². The van der Waals surface area contributed by atoms with Crippen molar-refractivity contribution in [2.75, 3.05) is 19.6 Å². The van der Waals surface area contributed by atoms with Crippen LogP contribution in [0, 0.1) is 12.8 Å². The number of aryl methyl sites for hydroxylation is 1. The molecule has 19 heavy (non-hydrogen) atoms. The van der Waals surface area contributed by atoms with Crippen molar-refractivity contribution < 1.29 is 9.59 Å². The number of carbonyl (C=O) groups is 2. The number of hydrogen-bond acceptors (Lipinski definition) is 3. The first kappa shape index (κ1) is 15.2. The Bertz CT molecular complexity index is 446. The minimum Gasteiger partial charge on any atom is -0.354 e. The third kappa shape index (κ3) is 5.09. The van der Waals surface area contributed by atoms with E-state index in [0.717, 1.165) is 5.56 Å². The van der Waals surface area contributed by atoms with Crippen molar-refractivity contribution in [1.29, 1.82) is 0 Å². The van der Waals surface area contributed by atoms with Crippen LogP contribution in [0.5, 0.6) is 0 Å². The van der Waals surface area contributed by atoms with Crippen LogP contribution in [-0.4, -0.2) is 31.4 Å². The summed E-state index contributed by atoms with van der Waals surface area (Å²) in [5.41, 5.74) is 7.05. The zero-order valence-electron chi connectivity index (χ0n) is 11.4. The quantitative estimate of drug-likeness (QED) is 0.651.